The molecule has 0 aliphatic heterocycles. The van der Waals surface area contributed by atoms with Crippen molar-refractivity contribution >= 4 is 29.7 Å². The summed E-state index contributed by atoms with van der Waals surface area (Å²) in [4.78, 5) is 53.0. The summed E-state index contributed by atoms with van der Waals surface area (Å²) in [6, 6.07) is 5.83. The van der Waals surface area contributed by atoms with E-state index >= 15 is 0 Å². The zero-order valence-electron chi connectivity index (χ0n) is 20.2. The number of benzene rings is 1. The lowest BCUT2D eigenvalue weighted by atomic mass is 10.0. The topological polar surface area (TPSA) is 215 Å². The maximum absolute atomic E-state index is 12.9. The number of rotatable bonds is 15. The molecule has 0 saturated heterocycles. The van der Waals surface area contributed by atoms with Crippen molar-refractivity contribution < 1.29 is 24.3 Å². The van der Waals surface area contributed by atoms with E-state index in [2.05, 4.69) is 20.9 Å². The van der Waals surface area contributed by atoms with Crippen LogP contribution in [0.5, 0.6) is 0 Å². The predicted molar refractivity (Wildman–Crippen MR) is 132 cm³/mol. The smallest absolute Gasteiger partial charge is 0.326 e. The molecule has 0 aliphatic rings. The Kier molecular flexibility index (Phi) is 12.8. The summed E-state index contributed by atoms with van der Waals surface area (Å²) in [5, 5.41) is 17.0. The van der Waals surface area contributed by atoms with E-state index < -0.39 is 41.8 Å². The van der Waals surface area contributed by atoms with Crippen molar-refractivity contribution in [2.75, 3.05) is 13.1 Å². The first-order valence-corrected chi connectivity index (χ1v) is 11.4. The Morgan fingerprint density at radius 2 is 1.66 bits per heavy atom. The second-order valence-corrected chi connectivity index (χ2v) is 8.61. The molecule has 0 bridgehead atoms. The van der Waals surface area contributed by atoms with Crippen LogP contribution in [0.4, 0.5) is 0 Å². The molecule has 3 amide bonds. The minimum Gasteiger partial charge on any atom is -0.480 e. The Hall–Kier alpha value is -3.67. The Labute approximate surface area is 205 Å². The van der Waals surface area contributed by atoms with Crippen LogP contribution in [0.25, 0.3) is 0 Å². The summed E-state index contributed by atoms with van der Waals surface area (Å²) < 4.78 is 0. The molecule has 35 heavy (non-hydrogen) atoms. The molecular weight excluding hydrogens is 454 g/mol. The second kappa shape index (κ2) is 15.3. The average molecular weight is 492 g/mol. The number of nitrogens with one attached hydrogen (secondary N) is 3. The van der Waals surface area contributed by atoms with Gasteiger partial charge in [0, 0.05) is 13.0 Å². The normalized spacial score (nSPS) is 13.3. The number of aliphatic imine (C=N–C) groups is 1. The van der Waals surface area contributed by atoms with Gasteiger partial charge in [0.25, 0.3) is 0 Å². The van der Waals surface area contributed by atoms with Gasteiger partial charge in [-0.3, -0.25) is 19.4 Å². The number of nitrogens with zero attached hydrogens (tertiary/aromatic N) is 1. The fourth-order valence-electron chi connectivity index (χ4n) is 3.25. The van der Waals surface area contributed by atoms with Crippen LogP contribution in [-0.4, -0.2) is 66.0 Å². The first kappa shape index (κ1) is 29.4. The first-order valence-electron chi connectivity index (χ1n) is 11.4. The fourth-order valence-corrected chi connectivity index (χ4v) is 3.25. The van der Waals surface area contributed by atoms with Gasteiger partial charge in [0.1, 0.15) is 12.1 Å². The van der Waals surface area contributed by atoms with Gasteiger partial charge in [-0.2, -0.15) is 0 Å². The van der Waals surface area contributed by atoms with Crippen molar-refractivity contribution in [1.82, 2.24) is 16.0 Å². The van der Waals surface area contributed by atoms with Crippen molar-refractivity contribution in [3.63, 3.8) is 0 Å². The van der Waals surface area contributed by atoms with Crippen LogP contribution < -0.4 is 33.2 Å². The van der Waals surface area contributed by atoms with Crippen molar-refractivity contribution in [1.29, 1.82) is 0 Å². The average Bonchev–Trinajstić information content (AvgIpc) is 2.78. The van der Waals surface area contributed by atoms with E-state index in [1.54, 1.807) is 30.3 Å². The van der Waals surface area contributed by atoms with Gasteiger partial charge in [-0.25, -0.2) is 4.79 Å². The highest BCUT2D eigenvalue weighted by atomic mass is 16.4. The molecule has 3 unspecified atom stereocenters. The van der Waals surface area contributed by atoms with E-state index in [4.69, 9.17) is 17.2 Å². The zero-order valence-corrected chi connectivity index (χ0v) is 20.2. The Morgan fingerprint density at radius 1 is 1.00 bits per heavy atom. The van der Waals surface area contributed by atoms with Crippen LogP contribution >= 0.6 is 0 Å². The molecular formula is C23H37N7O5. The third-order valence-corrected chi connectivity index (χ3v) is 4.98. The maximum atomic E-state index is 12.9. The standard InChI is InChI=1S/C23H37N7O5/c1-14(2)11-16(24)20(32)28-13-19(31)29-17(9-6-10-27-23(25)26)21(33)30-18(22(34)35)12-15-7-4-3-5-8-15/h3-5,7-8,14,16-18H,6,9-13,24H2,1-2H3,(H,28,32)(H,29,31)(H,30,33)(H,34,35)(H4,25,26,27). The number of aliphatic carboxylic acids is 1. The van der Waals surface area contributed by atoms with Gasteiger partial charge >= 0.3 is 5.97 Å². The number of hydrogen-bond acceptors (Lipinski definition) is 6. The highest BCUT2D eigenvalue weighted by molar-refractivity contribution is 5.92. The van der Waals surface area contributed by atoms with Gasteiger partial charge in [0.2, 0.25) is 17.7 Å². The van der Waals surface area contributed by atoms with Crippen molar-refractivity contribution in [3.05, 3.63) is 35.9 Å². The molecule has 0 saturated carbocycles. The number of carbonyl (C=O) groups is 4. The summed E-state index contributed by atoms with van der Waals surface area (Å²) >= 11 is 0. The number of hydrogen-bond donors (Lipinski definition) is 7. The molecule has 1 aromatic rings. The largest absolute Gasteiger partial charge is 0.480 e. The van der Waals surface area contributed by atoms with Crippen LogP contribution in [0.3, 0.4) is 0 Å². The molecule has 0 radical (unpaired) electrons. The summed E-state index contributed by atoms with van der Waals surface area (Å²) in [6.07, 6.45) is 1.02. The lowest BCUT2D eigenvalue weighted by Gasteiger charge is -2.22. The van der Waals surface area contributed by atoms with E-state index in [1.807, 2.05) is 13.8 Å². The number of carboxylic acids is 1. The van der Waals surface area contributed by atoms with Crippen molar-refractivity contribution in [2.45, 2.75) is 57.7 Å². The minimum absolute atomic E-state index is 0.0698. The van der Waals surface area contributed by atoms with E-state index in [9.17, 15) is 24.3 Å². The number of guanidine groups is 1. The lowest BCUT2D eigenvalue weighted by Crippen LogP contribution is -2.54. The number of nitrogens with two attached hydrogens (primary N) is 3. The summed E-state index contributed by atoms with van der Waals surface area (Å²) in [7, 11) is 0. The van der Waals surface area contributed by atoms with Crippen LogP contribution in [0.2, 0.25) is 0 Å². The van der Waals surface area contributed by atoms with Gasteiger partial charge in [-0.05, 0) is 30.7 Å². The quantitative estimate of drug-likeness (QED) is 0.0898. The van der Waals surface area contributed by atoms with Crippen molar-refractivity contribution in [2.24, 2.45) is 28.1 Å². The molecule has 0 heterocycles. The van der Waals surface area contributed by atoms with Gasteiger partial charge in [0.15, 0.2) is 5.96 Å². The fraction of sp³-hybridized carbons (Fsp3) is 0.522. The van der Waals surface area contributed by atoms with Gasteiger partial charge < -0.3 is 38.3 Å². The molecule has 0 aromatic heterocycles. The third-order valence-electron chi connectivity index (χ3n) is 4.98. The second-order valence-electron chi connectivity index (χ2n) is 8.61. The highest BCUT2D eigenvalue weighted by Crippen LogP contribution is 2.06. The Balaban J connectivity index is 2.80. The molecule has 1 aromatic carbocycles. The molecule has 12 nitrogen and oxygen atoms in total. The van der Waals surface area contributed by atoms with Gasteiger partial charge in [-0.1, -0.05) is 44.2 Å². The molecule has 0 spiro atoms. The van der Waals surface area contributed by atoms with Crippen molar-refractivity contribution in [3.8, 4) is 0 Å². The van der Waals surface area contributed by atoms with Gasteiger partial charge in [0.05, 0.1) is 12.6 Å². The van der Waals surface area contributed by atoms with E-state index in [1.165, 1.54) is 0 Å². The zero-order chi connectivity index (χ0) is 26.4. The number of amides is 3. The molecule has 194 valence electrons. The molecule has 12 heteroatoms. The maximum Gasteiger partial charge on any atom is 0.326 e. The summed E-state index contributed by atoms with van der Waals surface area (Å²) in [5.74, 6) is -2.87. The van der Waals surface area contributed by atoms with E-state index in [0.717, 1.165) is 5.56 Å². The molecule has 3 atom stereocenters. The minimum atomic E-state index is -1.21. The third kappa shape index (κ3) is 12.4. The van der Waals surface area contributed by atoms with Crippen LogP contribution in [-0.2, 0) is 25.6 Å². The predicted octanol–water partition coefficient (Wildman–Crippen LogP) is -1.17. The lowest BCUT2D eigenvalue weighted by molar-refractivity contribution is -0.142. The van der Waals surface area contributed by atoms with E-state index in [0.29, 0.717) is 12.8 Å². The molecule has 0 aliphatic carbocycles. The number of carbonyl (C=O) groups excluding carboxylic acids is 3. The van der Waals surface area contributed by atoms with Crippen LogP contribution in [0, 0.1) is 5.92 Å². The molecule has 1 rings (SSSR count). The van der Waals surface area contributed by atoms with Gasteiger partial charge in [-0.15, -0.1) is 0 Å². The SMILES string of the molecule is CC(C)CC(N)C(=O)NCC(=O)NC(CCCN=C(N)N)C(=O)NC(Cc1ccccc1)C(=O)O. The Bertz CT molecular complexity index is 872. The van der Waals surface area contributed by atoms with Crippen LogP contribution in [0.15, 0.2) is 35.3 Å². The highest BCUT2D eigenvalue weighted by Gasteiger charge is 2.27. The summed E-state index contributed by atoms with van der Waals surface area (Å²) in [5.41, 5.74) is 17.2. The monoisotopic (exact) mass is 491 g/mol. The van der Waals surface area contributed by atoms with E-state index in [-0.39, 0.29) is 37.8 Å². The molecule has 0 fully saturated rings. The van der Waals surface area contributed by atoms with Crippen LogP contribution in [0.1, 0.15) is 38.7 Å². The summed E-state index contributed by atoms with van der Waals surface area (Å²) in [6.45, 7) is 3.69. The number of carboxylic acid groups (broad SMARTS) is 1. The Morgan fingerprint density at radius 3 is 2.23 bits per heavy atom. The first-order chi connectivity index (χ1) is 16.5. The molecule has 10 N–H and O–H groups in total.